The molecule has 252 valence electrons. The van der Waals surface area contributed by atoms with Gasteiger partial charge in [-0.05, 0) is 71.3 Å². The van der Waals surface area contributed by atoms with Crippen molar-refractivity contribution in [1.29, 1.82) is 0 Å². The summed E-state index contributed by atoms with van der Waals surface area (Å²) in [6.45, 7) is 8.10. The van der Waals surface area contributed by atoms with Crippen LogP contribution in [0.5, 0.6) is 5.75 Å². The van der Waals surface area contributed by atoms with E-state index in [0.29, 0.717) is 0 Å². The van der Waals surface area contributed by atoms with Crippen molar-refractivity contribution in [2.45, 2.75) is 70.0 Å². The van der Waals surface area contributed by atoms with Gasteiger partial charge >= 0.3 is 8.32 Å². The van der Waals surface area contributed by atoms with Gasteiger partial charge in [0.05, 0.1) is 6.04 Å². The quantitative estimate of drug-likeness (QED) is 0.151. The molecular weight excluding hydrogens is 629 g/mol. The van der Waals surface area contributed by atoms with Crippen LogP contribution in [0.3, 0.4) is 0 Å². The second-order valence-corrected chi connectivity index (χ2v) is 19.1. The van der Waals surface area contributed by atoms with Crippen molar-refractivity contribution in [2.24, 2.45) is 0 Å². The lowest BCUT2D eigenvalue weighted by atomic mass is 9.86. The number of aromatic nitrogens is 1. The molecule has 2 aliphatic rings. The molecule has 1 aromatic heterocycles. The zero-order valence-electron chi connectivity index (χ0n) is 29.4. The van der Waals surface area contributed by atoms with E-state index in [-0.39, 0.29) is 17.1 Å². The molecule has 0 N–H and O–H groups in total. The molecule has 0 spiro atoms. The third kappa shape index (κ3) is 5.82. The smallest absolute Gasteiger partial charge is 0.319 e. The van der Waals surface area contributed by atoms with Crippen LogP contribution in [0.1, 0.15) is 75.6 Å². The van der Waals surface area contributed by atoms with Crippen molar-refractivity contribution in [3.05, 3.63) is 157 Å². The highest BCUT2D eigenvalue weighted by Crippen LogP contribution is 2.48. The Hall–Kier alpha value is -4.71. The molecule has 8 rings (SSSR count). The van der Waals surface area contributed by atoms with Gasteiger partial charge in [0.1, 0.15) is 11.4 Å². The van der Waals surface area contributed by atoms with E-state index in [1.165, 1.54) is 21.5 Å². The van der Waals surface area contributed by atoms with E-state index < -0.39 is 8.32 Å². The maximum atomic E-state index is 7.67. The Morgan fingerprint density at radius 1 is 0.660 bits per heavy atom. The first-order valence-corrected chi connectivity index (χ1v) is 20.1. The Balaban J connectivity index is 1.19. The monoisotopic (exact) mass is 674 g/mol. The summed E-state index contributed by atoms with van der Waals surface area (Å²) >= 11 is 0. The fourth-order valence-electron chi connectivity index (χ4n) is 8.53. The van der Waals surface area contributed by atoms with Crippen molar-refractivity contribution >= 4 is 18.7 Å². The molecule has 2 heterocycles. The molecule has 1 saturated heterocycles. The molecule has 0 saturated carbocycles. The number of hydrogen-bond acceptors (Lipinski definition) is 4. The van der Waals surface area contributed by atoms with Crippen LogP contribution in [0.25, 0.3) is 22.6 Å². The third-order valence-corrected chi connectivity index (χ3v) is 15.8. The fraction of sp³-hybridized carbons (Fsp3) is 0.267. The average Bonchev–Trinajstić information content (AvgIpc) is 3.83. The summed E-state index contributed by atoms with van der Waals surface area (Å²) in [5, 5.41) is 2.50. The van der Waals surface area contributed by atoms with Gasteiger partial charge in [0, 0.05) is 17.2 Å². The highest BCUT2D eigenvalue weighted by atomic mass is 28.4. The zero-order chi connectivity index (χ0) is 34.1. The summed E-state index contributed by atoms with van der Waals surface area (Å²) in [4.78, 5) is 7.95. The number of oxazole rings is 1. The molecule has 1 fully saturated rings. The van der Waals surface area contributed by atoms with Crippen molar-refractivity contribution < 1.29 is 8.84 Å². The molecule has 50 heavy (non-hydrogen) atoms. The van der Waals surface area contributed by atoms with Crippen LogP contribution in [-0.2, 0) is 6.42 Å². The van der Waals surface area contributed by atoms with Crippen LogP contribution < -0.4 is 14.8 Å². The van der Waals surface area contributed by atoms with Gasteiger partial charge in [-0.15, -0.1) is 0 Å². The maximum Gasteiger partial charge on any atom is 0.319 e. The van der Waals surface area contributed by atoms with Crippen molar-refractivity contribution in [2.75, 3.05) is 6.54 Å². The first-order valence-electron chi connectivity index (χ1n) is 18.2. The number of hydrogen-bond donors (Lipinski definition) is 0. The number of nitrogens with zero attached hydrogens (tertiary/aromatic N) is 2. The molecule has 1 aliphatic heterocycles. The van der Waals surface area contributed by atoms with Gasteiger partial charge in [-0.3, -0.25) is 4.90 Å². The SMILES string of the molecule is CC(C)(C)[Si](Oc1cccc2c1CCC[C@@H]2N1CCC[C@@H]1c1nc(-c2ccccc2)c(-c2ccccc2)o1)(c1ccccc1)c1ccccc1. The number of likely N-dealkylation sites (tertiary alicyclic amines) is 1. The highest BCUT2D eigenvalue weighted by Gasteiger charge is 2.52. The Kier molecular flexibility index (Phi) is 8.80. The zero-order valence-corrected chi connectivity index (χ0v) is 30.4. The summed E-state index contributed by atoms with van der Waals surface area (Å²) in [7, 11) is -2.78. The number of fused-ring (bicyclic) bond motifs is 1. The first kappa shape index (κ1) is 32.5. The second kappa shape index (κ2) is 13.5. The molecule has 5 heteroatoms. The molecule has 6 aromatic rings. The summed E-state index contributed by atoms with van der Waals surface area (Å²) in [6.07, 6.45) is 5.42. The molecule has 0 amide bonds. The molecule has 5 aromatic carbocycles. The Bertz CT molecular complexity index is 1940. The highest BCUT2D eigenvalue weighted by molar-refractivity contribution is 7.00. The van der Waals surface area contributed by atoms with E-state index in [2.05, 4.69) is 159 Å². The lowest BCUT2D eigenvalue weighted by Crippen LogP contribution is -2.69. The van der Waals surface area contributed by atoms with Crippen LogP contribution in [-0.4, -0.2) is 24.7 Å². The number of rotatable bonds is 8. The van der Waals surface area contributed by atoms with Gasteiger partial charge < -0.3 is 8.84 Å². The van der Waals surface area contributed by atoms with Crippen LogP contribution >= 0.6 is 0 Å². The van der Waals surface area contributed by atoms with Crippen molar-refractivity contribution in [3.8, 4) is 28.3 Å². The summed E-state index contributed by atoms with van der Waals surface area (Å²) < 4.78 is 14.5. The largest absolute Gasteiger partial charge is 0.534 e. The predicted molar refractivity (Wildman–Crippen MR) is 206 cm³/mol. The van der Waals surface area contributed by atoms with Crippen LogP contribution in [0, 0.1) is 0 Å². The molecule has 1 aliphatic carbocycles. The van der Waals surface area contributed by atoms with Gasteiger partial charge in [0.25, 0.3) is 0 Å². The molecular formula is C45H46N2O2Si. The van der Waals surface area contributed by atoms with Crippen LogP contribution in [0.4, 0.5) is 0 Å². The lowest BCUT2D eigenvalue weighted by Gasteiger charge is -2.44. The normalized spacial score (nSPS) is 18.1. The molecule has 0 unspecified atom stereocenters. The molecule has 0 radical (unpaired) electrons. The number of benzene rings is 5. The summed E-state index contributed by atoms with van der Waals surface area (Å²) in [6, 6.07) is 50.1. The van der Waals surface area contributed by atoms with E-state index in [4.69, 9.17) is 13.8 Å². The second-order valence-electron chi connectivity index (χ2n) is 14.9. The minimum atomic E-state index is -2.78. The van der Waals surface area contributed by atoms with Gasteiger partial charge in [0.15, 0.2) is 5.76 Å². The van der Waals surface area contributed by atoms with E-state index in [9.17, 15) is 0 Å². The Labute approximate surface area is 297 Å². The van der Waals surface area contributed by atoms with Crippen molar-refractivity contribution in [1.82, 2.24) is 9.88 Å². The Morgan fingerprint density at radius 2 is 1.24 bits per heavy atom. The van der Waals surface area contributed by atoms with Gasteiger partial charge in [-0.1, -0.05) is 154 Å². The maximum absolute atomic E-state index is 7.67. The average molecular weight is 675 g/mol. The van der Waals surface area contributed by atoms with E-state index in [1.807, 2.05) is 6.07 Å². The predicted octanol–water partition coefficient (Wildman–Crippen LogP) is 10.2. The minimum absolute atomic E-state index is 0.107. The topological polar surface area (TPSA) is 38.5 Å². The summed E-state index contributed by atoms with van der Waals surface area (Å²) in [5.41, 5.74) is 5.83. The third-order valence-electron chi connectivity index (χ3n) is 10.8. The fourth-order valence-corrected chi connectivity index (χ4v) is 13.0. The molecule has 4 nitrogen and oxygen atoms in total. The van der Waals surface area contributed by atoms with Gasteiger partial charge in [-0.25, -0.2) is 4.98 Å². The van der Waals surface area contributed by atoms with Crippen LogP contribution in [0.15, 0.2) is 144 Å². The lowest BCUT2D eigenvalue weighted by molar-refractivity contribution is 0.144. The Morgan fingerprint density at radius 3 is 1.86 bits per heavy atom. The van der Waals surface area contributed by atoms with Gasteiger partial charge in [0.2, 0.25) is 5.89 Å². The molecule has 0 bridgehead atoms. The van der Waals surface area contributed by atoms with Crippen molar-refractivity contribution in [3.63, 3.8) is 0 Å². The molecule has 2 atom stereocenters. The summed E-state index contributed by atoms with van der Waals surface area (Å²) in [5.74, 6) is 2.72. The minimum Gasteiger partial charge on any atom is -0.534 e. The van der Waals surface area contributed by atoms with E-state index >= 15 is 0 Å². The first-order chi connectivity index (χ1) is 24.4. The van der Waals surface area contributed by atoms with Crippen LogP contribution in [0.2, 0.25) is 5.04 Å². The van der Waals surface area contributed by atoms with E-state index in [1.54, 1.807) is 0 Å². The van der Waals surface area contributed by atoms with Gasteiger partial charge in [-0.2, -0.15) is 0 Å². The van der Waals surface area contributed by atoms with E-state index in [0.717, 1.165) is 72.9 Å². The standard InChI is InChI=1S/C45H46N2O2Si/c1-45(2,3)50(35-23-12-6-13-24-35,36-25-14-7-15-26-36)49-41-31-17-27-37-38(41)28-16-29-39(37)47-32-18-30-40(47)44-46-42(33-19-8-4-9-20-33)43(48-44)34-21-10-5-11-22-34/h4-15,17,19-27,31,39-40H,16,18,28-30,32H2,1-3H3/t39-,40+/m0/s1.